The van der Waals surface area contributed by atoms with Gasteiger partial charge in [-0.25, -0.2) is 0 Å². The zero-order chi connectivity index (χ0) is 14.8. The van der Waals surface area contributed by atoms with Crippen molar-refractivity contribution in [1.29, 1.82) is 0 Å². The summed E-state index contributed by atoms with van der Waals surface area (Å²) in [6.07, 6.45) is 6.76. The molecule has 3 N–H and O–H groups in total. The monoisotopic (exact) mass is 298 g/mol. The van der Waals surface area contributed by atoms with Crippen molar-refractivity contribution in [3.63, 3.8) is 0 Å². The number of hydrogen-bond donors (Lipinski definition) is 2. The molecule has 0 aliphatic carbocycles. The highest BCUT2D eigenvalue weighted by atomic mass is 32.1. The zero-order valence-electron chi connectivity index (χ0n) is 12.5. The van der Waals surface area contributed by atoms with Crippen molar-refractivity contribution >= 4 is 22.4 Å². The molecule has 114 valence electrons. The Hall–Kier alpha value is -1.01. The van der Waals surface area contributed by atoms with E-state index in [0.717, 1.165) is 50.1 Å². The molecular weight excluding hydrogens is 272 g/mol. The SMILES string of the molecule is CCC(CC)c1nnc(NC(=O)CCCCCCN)s1. The fraction of sp³-hybridized carbons (Fsp3) is 0.786. The molecule has 6 heteroatoms. The van der Waals surface area contributed by atoms with E-state index in [0.29, 0.717) is 17.5 Å². The van der Waals surface area contributed by atoms with Gasteiger partial charge >= 0.3 is 0 Å². The molecule has 1 rings (SSSR count). The van der Waals surface area contributed by atoms with Crippen LogP contribution in [0.3, 0.4) is 0 Å². The lowest BCUT2D eigenvalue weighted by molar-refractivity contribution is -0.116. The minimum Gasteiger partial charge on any atom is -0.330 e. The van der Waals surface area contributed by atoms with E-state index in [1.165, 1.54) is 11.3 Å². The highest BCUT2D eigenvalue weighted by molar-refractivity contribution is 7.15. The summed E-state index contributed by atoms with van der Waals surface area (Å²) < 4.78 is 0. The van der Waals surface area contributed by atoms with Crippen LogP contribution in [0.4, 0.5) is 5.13 Å². The van der Waals surface area contributed by atoms with Crippen LogP contribution < -0.4 is 11.1 Å². The van der Waals surface area contributed by atoms with Crippen molar-refractivity contribution in [1.82, 2.24) is 10.2 Å². The smallest absolute Gasteiger partial charge is 0.226 e. The number of rotatable bonds is 10. The minimum atomic E-state index is 0.0324. The van der Waals surface area contributed by atoms with Gasteiger partial charge in [-0.3, -0.25) is 4.79 Å². The predicted octanol–water partition coefficient (Wildman–Crippen LogP) is 3.29. The van der Waals surface area contributed by atoms with E-state index in [9.17, 15) is 4.79 Å². The third-order valence-electron chi connectivity index (χ3n) is 3.38. The summed E-state index contributed by atoms with van der Waals surface area (Å²) in [6.45, 7) is 5.03. The molecule has 1 amide bonds. The van der Waals surface area contributed by atoms with Gasteiger partial charge in [-0.05, 0) is 32.2 Å². The number of hydrogen-bond acceptors (Lipinski definition) is 5. The molecule has 0 saturated carbocycles. The lowest BCUT2D eigenvalue weighted by Gasteiger charge is -2.05. The number of aromatic nitrogens is 2. The number of amides is 1. The van der Waals surface area contributed by atoms with Gasteiger partial charge in [0.05, 0.1) is 0 Å². The zero-order valence-corrected chi connectivity index (χ0v) is 13.3. The Morgan fingerprint density at radius 3 is 2.55 bits per heavy atom. The quantitative estimate of drug-likeness (QED) is 0.649. The van der Waals surface area contributed by atoms with Crippen molar-refractivity contribution < 1.29 is 4.79 Å². The van der Waals surface area contributed by atoms with Crippen molar-refractivity contribution in [2.75, 3.05) is 11.9 Å². The molecular formula is C14H26N4OS. The molecule has 0 unspecified atom stereocenters. The van der Waals surface area contributed by atoms with Crippen molar-refractivity contribution in [2.24, 2.45) is 5.73 Å². The Morgan fingerprint density at radius 2 is 1.90 bits per heavy atom. The fourth-order valence-electron chi connectivity index (χ4n) is 2.05. The van der Waals surface area contributed by atoms with Gasteiger partial charge < -0.3 is 11.1 Å². The van der Waals surface area contributed by atoms with Crippen LogP contribution in [0.25, 0.3) is 0 Å². The van der Waals surface area contributed by atoms with Crippen LogP contribution in [0.15, 0.2) is 0 Å². The molecule has 1 heterocycles. The van der Waals surface area contributed by atoms with Gasteiger partial charge in [0.25, 0.3) is 0 Å². The third kappa shape index (κ3) is 5.96. The van der Waals surface area contributed by atoms with Crippen LogP contribution in [0, 0.1) is 0 Å². The predicted molar refractivity (Wildman–Crippen MR) is 84.0 cm³/mol. The second-order valence-electron chi connectivity index (χ2n) is 4.96. The van der Waals surface area contributed by atoms with Crippen molar-refractivity contribution in [2.45, 2.75) is 64.7 Å². The van der Waals surface area contributed by atoms with E-state index >= 15 is 0 Å². The third-order valence-corrected chi connectivity index (χ3v) is 4.38. The highest BCUT2D eigenvalue weighted by Crippen LogP contribution is 2.28. The van der Waals surface area contributed by atoms with Crippen LogP contribution in [-0.2, 0) is 4.79 Å². The topological polar surface area (TPSA) is 80.9 Å². The van der Waals surface area contributed by atoms with E-state index in [4.69, 9.17) is 5.73 Å². The van der Waals surface area contributed by atoms with Gasteiger partial charge in [0.1, 0.15) is 5.01 Å². The average Bonchev–Trinajstić information content (AvgIpc) is 2.88. The van der Waals surface area contributed by atoms with Gasteiger partial charge in [-0.2, -0.15) is 0 Å². The summed E-state index contributed by atoms with van der Waals surface area (Å²) in [6, 6.07) is 0. The molecule has 0 aliphatic heterocycles. The second-order valence-corrected chi connectivity index (χ2v) is 5.97. The Bertz CT molecular complexity index is 390. The largest absolute Gasteiger partial charge is 0.330 e. The molecule has 5 nitrogen and oxygen atoms in total. The summed E-state index contributed by atoms with van der Waals surface area (Å²) in [5, 5.41) is 12.7. The summed E-state index contributed by atoms with van der Waals surface area (Å²) in [5.74, 6) is 0.486. The Kier molecular flexibility index (Phi) is 8.37. The first-order valence-corrected chi connectivity index (χ1v) is 8.36. The van der Waals surface area contributed by atoms with Crippen LogP contribution in [0.1, 0.15) is 69.7 Å². The summed E-state index contributed by atoms with van der Waals surface area (Å²) in [4.78, 5) is 11.8. The van der Waals surface area contributed by atoms with Crippen LogP contribution >= 0.6 is 11.3 Å². The van der Waals surface area contributed by atoms with Crippen molar-refractivity contribution in [3.8, 4) is 0 Å². The maximum Gasteiger partial charge on any atom is 0.226 e. The molecule has 0 saturated heterocycles. The molecule has 0 aromatic carbocycles. The van der Waals surface area contributed by atoms with E-state index in [2.05, 4.69) is 29.4 Å². The average molecular weight is 298 g/mol. The van der Waals surface area contributed by atoms with E-state index < -0.39 is 0 Å². The summed E-state index contributed by atoms with van der Waals surface area (Å²) >= 11 is 1.50. The number of nitrogens with one attached hydrogen (secondary N) is 1. The Labute approximate surface area is 125 Å². The standard InChI is InChI=1S/C14H26N4OS/c1-3-11(4-2)13-17-18-14(20-13)16-12(19)9-7-5-6-8-10-15/h11H,3-10,15H2,1-2H3,(H,16,18,19). The highest BCUT2D eigenvalue weighted by Gasteiger charge is 2.14. The summed E-state index contributed by atoms with van der Waals surface area (Å²) in [5.41, 5.74) is 5.43. The number of anilines is 1. The number of carbonyl (C=O) groups is 1. The number of unbranched alkanes of at least 4 members (excludes halogenated alkanes) is 3. The van der Waals surface area contributed by atoms with E-state index in [1.807, 2.05) is 0 Å². The van der Waals surface area contributed by atoms with Gasteiger partial charge in [-0.15, -0.1) is 10.2 Å². The molecule has 1 aromatic rings. The molecule has 0 aliphatic rings. The lowest BCUT2D eigenvalue weighted by atomic mass is 10.1. The molecule has 20 heavy (non-hydrogen) atoms. The molecule has 0 atom stereocenters. The molecule has 0 fully saturated rings. The summed E-state index contributed by atoms with van der Waals surface area (Å²) in [7, 11) is 0. The fourth-order valence-corrected chi connectivity index (χ4v) is 3.08. The number of nitrogens with zero attached hydrogens (tertiary/aromatic N) is 2. The Morgan fingerprint density at radius 1 is 1.20 bits per heavy atom. The molecule has 0 spiro atoms. The maximum atomic E-state index is 11.8. The van der Waals surface area contributed by atoms with E-state index in [-0.39, 0.29) is 5.91 Å². The van der Waals surface area contributed by atoms with E-state index in [1.54, 1.807) is 0 Å². The normalized spacial score (nSPS) is 11.0. The van der Waals surface area contributed by atoms with Crippen LogP contribution in [-0.4, -0.2) is 22.6 Å². The Balaban J connectivity index is 2.31. The molecule has 0 bridgehead atoms. The first-order valence-electron chi connectivity index (χ1n) is 7.54. The van der Waals surface area contributed by atoms with Gasteiger partial charge in [0, 0.05) is 12.3 Å². The van der Waals surface area contributed by atoms with Gasteiger partial charge in [0.15, 0.2) is 0 Å². The van der Waals surface area contributed by atoms with Gasteiger partial charge in [-0.1, -0.05) is 38.0 Å². The van der Waals surface area contributed by atoms with Crippen LogP contribution in [0.2, 0.25) is 0 Å². The molecule has 1 aromatic heterocycles. The van der Waals surface area contributed by atoms with Gasteiger partial charge in [0.2, 0.25) is 11.0 Å². The number of nitrogens with two attached hydrogens (primary N) is 1. The second kappa shape index (κ2) is 9.83. The lowest BCUT2D eigenvalue weighted by Crippen LogP contribution is -2.10. The van der Waals surface area contributed by atoms with Crippen molar-refractivity contribution in [3.05, 3.63) is 5.01 Å². The number of carbonyl (C=O) groups excluding carboxylic acids is 1. The minimum absolute atomic E-state index is 0.0324. The van der Waals surface area contributed by atoms with Crippen LogP contribution in [0.5, 0.6) is 0 Å². The maximum absolute atomic E-state index is 11.8. The first kappa shape index (κ1) is 17.0. The molecule has 0 radical (unpaired) electrons. The first-order chi connectivity index (χ1) is 9.71.